The van der Waals surface area contributed by atoms with Gasteiger partial charge in [-0.25, -0.2) is 13.4 Å². The fourth-order valence-electron chi connectivity index (χ4n) is 11.1. The first-order valence-corrected chi connectivity index (χ1v) is 54.3. The minimum atomic E-state index is -4.78. The van der Waals surface area contributed by atoms with Gasteiger partial charge in [0.2, 0.25) is 47.3 Å². The number of likely N-dealkylation sites (N-methyl/N-ethyl adjacent to an activating group) is 3. The van der Waals surface area contributed by atoms with Crippen LogP contribution in [0.4, 0.5) is 13.2 Å². The third-order valence-electron chi connectivity index (χ3n) is 19.5. The van der Waals surface area contributed by atoms with Crippen molar-refractivity contribution < 1.29 is 94.0 Å². The predicted molar refractivity (Wildman–Crippen MR) is 588 cm³/mol. The highest BCUT2D eigenvalue weighted by molar-refractivity contribution is 7.91. The van der Waals surface area contributed by atoms with Crippen molar-refractivity contribution in [3.8, 4) is 12.1 Å². The van der Waals surface area contributed by atoms with Gasteiger partial charge in [-0.1, -0.05) is 215 Å². The molecule has 3 rings (SSSR count). The monoisotopic (exact) mass is 2130 g/mol. The first-order chi connectivity index (χ1) is 66.9. The number of aliphatic hydroxyl groups excluding tert-OH is 1. The molecule has 2 aliphatic heterocycles. The van der Waals surface area contributed by atoms with Gasteiger partial charge in [0.25, 0.3) is 5.91 Å². The summed E-state index contributed by atoms with van der Waals surface area (Å²) in [6, 6.07) is 3.79. The van der Waals surface area contributed by atoms with Crippen molar-refractivity contribution in [3.05, 3.63) is 16.6 Å². The largest absolute Gasteiger partial charge is 0.471 e. The lowest BCUT2D eigenvalue weighted by Crippen LogP contribution is -2.47. The molecule has 36 nitrogen and oxygen atoms in total. The Morgan fingerprint density at radius 3 is 1.18 bits per heavy atom. The van der Waals surface area contributed by atoms with Crippen molar-refractivity contribution in [3.63, 3.8) is 0 Å². The molecule has 1 aromatic rings. The van der Waals surface area contributed by atoms with Gasteiger partial charge in [-0.2, -0.15) is 23.7 Å². The molecule has 0 bridgehead atoms. The molecule has 41 heteroatoms. The molecule has 1 unspecified atom stereocenters. The van der Waals surface area contributed by atoms with Crippen LogP contribution in [0.1, 0.15) is 251 Å². The van der Waals surface area contributed by atoms with Gasteiger partial charge in [-0.15, -0.1) is 11.3 Å². The lowest BCUT2D eigenvalue weighted by Gasteiger charge is -2.38. The number of hydrogen-bond acceptors (Lipinski definition) is 27. The molecule has 2 aliphatic rings. The molecule has 0 saturated carbocycles. The molecule has 3 heterocycles. The van der Waals surface area contributed by atoms with Crippen molar-refractivity contribution in [2.24, 2.45) is 87.3 Å². The number of ether oxygens (including phenoxy) is 3. The Balaban J connectivity index is -0.000000201. The van der Waals surface area contributed by atoms with Crippen LogP contribution in [0.5, 0.6) is 0 Å². The number of methoxy groups -OCH3 is 2. The molecule has 2 fully saturated rings. The second-order valence-electron chi connectivity index (χ2n) is 44.1. The van der Waals surface area contributed by atoms with Crippen molar-refractivity contribution in [1.29, 1.82) is 10.5 Å². The number of carbonyl (C=O) groups excluding carboxylic acids is 10. The molecular formula is C105H212F3N19O17S2. The van der Waals surface area contributed by atoms with Crippen LogP contribution in [-0.4, -0.2) is 380 Å². The highest BCUT2D eigenvalue weighted by atomic mass is 32.2. The molecule has 0 aromatic carbocycles. The number of nitriles is 2. The van der Waals surface area contributed by atoms with Crippen molar-refractivity contribution in [2.45, 2.75) is 259 Å². The summed E-state index contributed by atoms with van der Waals surface area (Å²) in [6.45, 7) is 84.1. The minimum absolute atomic E-state index is 0.00444. The fourth-order valence-corrected chi connectivity index (χ4v) is 13.4. The number of alkyl halides is 3. The highest BCUT2D eigenvalue weighted by Gasteiger charge is 2.38. The van der Waals surface area contributed by atoms with E-state index < -0.39 is 27.5 Å². The summed E-state index contributed by atoms with van der Waals surface area (Å²) >= 11 is 1.36. The van der Waals surface area contributed by atoms with E-state index in [9.17, 15) is 74.6 Å². The van der Waals surface area contributed by atoms with Crippen molar-refractivity contribution in [2.75, 3.05) is 246 Å². The molecular weight excluding hydrogens is 1920 g/mol. The van der Waals surface area contributed by atoms with E-state index in [0.717, 1.165) is 90.5 Å². The number of sulfone groups is 1. The Morgan fingerprint density at radius 2 is 0.877 bits per heavy atom. The highest BCUT2D eigenvalue weighted by Crippen LogP contribution is 2.25. The van der Waals surface area contributed by atoms with Crippen molar-refractivity contribution in [1.82, 2.24) is 87.1 Å². The van der Waals surface area contributed by atoms with Gasteiger partial charge in [-0.3, -0.25) is 47.9 Å². The molecule has 146 heavy (non-hydrogen) atoms. The predicted octanol–water partition coefficient (Wildman–Crippen LogP) is 10.9. The summed E-state index contributed by atoms with van der Waals surface area (Å²) in [7, 11) is 12.1. The van der Waals surface area contributed by atoms with Crippen LogP contribution in [0.2, 0.25) is 0 Å². The summed E-state index contributed by atoms with van der Waals surface area (Å²) in [5.41, 5.74) is -0.00326. The van der Waals surface area contributed by atoms with Gasteiger partial charge in [0.15, 0.2) is 14.8 Å². The minimum Gasteiger partial charge on any atom is -0.395 e. The maximum absolute atomic E-state index is 11.7. The van der Waals surface area contributed by atoms with Gasteiger partial charge in [0.05, 0.1) is 75.2 Å². The average Bonchev–Trinajstić information content (AvgIpc) is 1.58. The smallest absolute Gasteiger partial charge is 0.395 e. The van der Waals surface area contributed by atoms with Crippen LogP contribution >= 0.6 is 11.3 Å². The molecule has 11 N–H and O–H groups in total. The Hall–Kier alpha value is -7.39. The second-order valence-corrected chi connectivity index (χ2v) is 47.3. The SMILES string of the molecule is CC(C)C(=O)N(C)C1CCS(=O)(=O)C1.CC(C)C(=O)N(C)CC#N.CC(C)C(=O)N(C)CC(=O)N(C)C.CC(C)C(=O)N(C)CCC#N.CC(C)C(=O)N(C)CCO.CC(C)CNCC(C)(C)C.CC(C)CNCC(C)(C)O.CC(C)CNCC1(C)COC1.CC(C)CNCCNC(=O)C(C)(C)C.CC(C)CNCCNC(=O)C(F)(F)F.CC(C)CNCCNC(=O)c1nccs1.COCCN(CCOC)C(=O)C(C)C. The van der Waals surface area contributed by atoms with E-state index in [1.54, 1.807) is 109 Å². The van der Waals surface area contributed by atoms with Crippen LogP contribution in [0.25, 0.3) is 0 Å². The second kappa shape index (κ2) is 89.3. The molecule has 1 atom stereocenters. The third-order valence-corrected chi connectivity index (χ3v) is 22.0. The normalized spacial score (nSPS) is 13.1. The number of thiazole rings is 1. The summed E-state index contributed by atoms with van der Waals surface area (Å²) in [4.78, 5) is 127. The molecule has 10 amide bonds. The zero-order chi connectivity index (χ0) is 116. The number of hydrogen-bond donors (Lipinski definition) is 11. The van der Waals surface area contributed by atoms with E-state index in [2.05, 4.69) is 144 Å². The van der Waals surface area contributed by atoms with Crippen LogP contribution in [0, 0.1) is 110 Å². The average molecular weight is 2130 g/mol. The van der Waals surface area contributed by atoms with E-state index in [0.29, 0.717) is 118 Å². The summed E-state index contributed by atoms with van der Waals surface area (Å²) in [6.07, 6.45) is -2.15. The number of amides is 10. The number of carbonyl (C=O) groups is 10. The van der Waals surface area contributed by atoms with Gasteiger partial charge in [-0.05, 0) is 107 Å². The molecule has 862 valence electrons. The molecule has 0 aliphatic carbocycles. The van der Waals surface area contributed by atoms with E-state index in [-0.39, 0.29) is 138 Å². The Kier molecular flexibility index (Phi) is 95.5. The molecule has 1 aromatic heterocycles. The van der Waals surface area contributed by atoms with Gasteiger partial charge in [0, 0.05) is 206 Å². The lowest BCUT2D eigenvalue weighted by molar-refractivity contribution is -0.173. The summed E-state index contributed by atoms with van der Waals surface area (Å²) in [5.74, 6) is 2.64. The fraction of sp³-hybridized carbons (Fsp3) is 0.857. The van der Waals surface area contributed by atoms with Gasteiger partial charge >= 0.3 is 12.1 Å². The van der Waals surface area contributed by atoms with Crippen LogP contribution in [0.15, 0.2) is 11.6 Å². The third kappa shape index (κ3) is 101. The molecule has 0 spiro atoms. The van der Waals surface area contributed by atoms with E-state index in [4.69, 9.17) is 29.8 Å². The maximum Gasteiger partial charge on any atom is 0.471 e. The van der Waals surface area contributed by atoms with Gasteiger partial charge in [0.1, 0.15) is 6.54 Å². The Labute approximate surface area is 887 Å². The number of aliphatic hydroxyl groups is 2. The first kappa shape index (κ1) is 156. The molecule has 2 saturated heterocycles. The van der Waals surface area contributed by atoms with Crippen LogP contribution in [-0.2, 0) is 67.2 Å². The van der Waals surface area contributed by atoms with E-state index in [1.807, 2.05) is 130 Å². The first-order valence-electron chi connectivity index (χ1n) is 51.6. The summed E-state index contributed by atoms with van der Waals surface area (Å²) < 4.78 is 72.4. The van der Waals surface area contributed by atoms with Gasteiger partial charge < -0.3 is 107 Å². The van der Waals surface area contributed by atoms with Crippen LogP contribution in [0.3, 0.4) is 0 Å². The Morgan fingerprint density at radius 1 is 0.507 bits per heavy atom. The topological polar surface area (TPSA) is 464 Å². The number of halogens is 3. The quantitative estimate of drug-likeness (QED) is 0.0213. The zero-order valence-electron chi connectivity index (χ0n) is 98.8. The maximum atomic E-state index is 11.7. The molecule has 0 radical (unpaired) electrons. The standard InChI is InChI=1S/C11H24N2O.C10H17N3OS.C10H21NO3.C9H18N2O2.C9H17NO3S.C9H19NO.C9H21N.C8H15F3N2O.C8H14N2O.C8H19NO.C7H12N2O.C7H15NO2/c1-9(2)8-12-6-7-13-10(14)11(3,4)5;1-8(2)7-11-3-4-12-9(14)10-13-5-6-15-10;1-9(2)10(12)11(5-7-13-3)6-8-14-4;1-7(2)9(13)11(5)6-8(12)10(3)4;1-7(2)9(11)10(3)8-4-5-14(12,13)6-8;1-8(2)4-10-5-9(3)6-11-7-9;1-8(2)6-10-7-9(3,4)5;1-6(2)5-12-3-4-13-7(14)8(9,10)11;1-7(2)8(11)10(3)6-4-5-9;1-7(2)5-9-6-8(3,4)10;1-6(2)7(10)9(3)5-4-8;1-6(2)7(10)8(3)4-5-9/h9,12H,6-8H2,1-5H3,(H,13,14);5-6,8,11H,3-4,7H2,1-2H3,(H,12,14);9H,5-8H2,1-4H3;7H,6H2,1-5H3;7-8H,4-6H2,1-3H3;8,10H,4-7H2,1-3H3;8,10H,6-7H2,1-5H3;6,12H,3-5H2,1-2H3,(H,13,14);7H,4,6H2,1-3H3;7,9-10H,5-6H2,1-4H3;6H,5H2,1-3H3;6,9H,4-5H2,1-3H3. The van der Waals surface area contributed by atoms with E-state index in [1.165, 1.54) is 30.9 Å². The number of aromatic nitrogens is 1. The lowest BCUT2D eigenvalue weighted by atomic mass is 9.88. The van der Waals surface area contributed by atoms with Crippen molar-refractivity contribution >= 4 is 80.2 Å². The Bertz CT molecular complexity index is 3640. The number of rotatable bonds is 47. The number of nitrogens with one attached hydrogen (secondary N) is 9. The number of nitrogens with zero attached hydrogens (tertiary/aromatic N) is 10. The zero-order valence-corrected chi connectivity index (χ0v) is 100. The van der Waals surface area contributed by atoms with Crippen LogP contribution < -0.4 is 47.9 Å². The summed E-state index contributed by atoms with van der Waals surface area (Å²) in [5, 5.41) is 63.5. The van der Waals surface area contributed by atoms with E-state index >= 15 is 0 Å².